The van der Waals surface area contributed by atoms with E-state index in [1.54, 1.807) is 48.5 Å². The summed E-state index contributed by atoms with van der Waals surface area (Å²) in [4.78, 5) is 46.3. The van der Waals surface area contributed by atoms with Crippen LogP contribution in [0.15, 0.2) is 109 Å². The van der Waals surface area contributed by atoms with Crippen LogP contribution in [0.25, 0.3) is 0 Å². The zero-order chi connectivity index (χ0) is 50.5. The van der Waals surface area contributed by atoms with Gasteiger partial charge >= 0.3 is 12.4 Å². The number of halogens is 6. The van der Waals surface area contributed by atoms with Crippen LogP contribution in [0.3, 0.4) is 0 Å². The third-order valence-electron chi connectivity index (χ3n) is 12.6. The van der Waals surface area contributed by atoms with Crippen molar-refractivity contribution in [1.82, 2.24) is 30.2 Å². The van der Waals surface area contributed by atoms with Crippen LogP contribution in [0.5, 0.6) is 0 Å². The summed E-state index contributed by atoms with van der Waals surface area (Å²) in [5, 5.41) is 3.32. The molecule has 5 N–H and O–H groups in total. The molecule has 0 atom stereocenters. The van der Waals surface area contributed by atoms with Gasteiger partial charge in [0.15, 0.2) is 0 Å². The summed E-state index contributed by atoms with van der Waals surface area (Å²) in [7, 11) is 2.11. The first-order chi connectivity index (χ1) is 34.0. The molecule has 0 unspecified atom stereocenters. The SMILES string of the molecule is CN1CCN(c2ccc(Cc3ncc(C(F)(F)F)c(CCc4ccccc4CC(N)=O)n3)cc2)CC1.NC(=O)Cc1ccccc1CCc1nc(Cc2ccc(N3CCNCC3)cc2)ncc1C(F)(F)F. The Morgan fingerprint density at radius 2 is 0.915 bits per heavy atom. The Balaban J connectivity index is 0.000000209. The van der Waals surface area contributed by atoms with E-state index in [9.17, 15) is 35.9 Å². The average Bonchev–Trinajstić information content (AvgIpc) is 3.34. The fourth-order valence-electron chi connectivity index (χ4n) is 8.77. The number of carbonyl (C=O) groups excluding carboxylic acids is 2. The van der Waals surface area contributed by atoms with Crippen molar-refractivity contribution >= 4 is 23.2 Å². The van der Waals surface area contributed by atoms with Crippen LogP contribution in [0.1, 0.15) is 67.5 Å². The highest BCUT2D eigenvalue weighted by Crippen LogP contribution is 2.33. The second-order valence-electron chi connectivity index (χ2n) is 17.8. The predicted molar refractivity (Wildman–Crippen MR) is 261 cm³/mol. The molecule has 2 aliphatic heterocycles. The van der Waals surface area contributed by atoms with E-state index < -0.39 is 35.3 Å². The third-order valence-corrected chi connectivity index (χ3v) is 12.6. The minimum Gasteiger partial charge on any atom is -0.369 e. The molecule has 0 saturated carbocycles. The average molecular weight is 981 g/mol. The molecule has 18 heteroatoms. The molecule has 2 aliphatic rings. The van der Waals surface area contributed by atoms with Crippen LogP contribution in [0, 0.1) is 0 Å². The maximum Gasteiger partial charge on any atom is 0.419 e. The summed E-state index contributed by atoms with van der Waals surface area (Å²) in [6.45, 7) is 7.70. The van der Waals surface area contributed by atoms with Crippen molar-refractivity contribution in [2.45, 2.75) is 63.7 Å². The van der Waals surface area contributed by atoms with Crippen LogP contribution >= 0.6 is 0 Å². The molecule has 4 heterocycles. The van der Waals surface area contributed by atoms with Crippen LogP contribution in [-0.4, -0.2) is 96.1 Å². The molecule has 12 nitrogen and oxygen atoms in total. The van der Waals surface area contributed by atoms with E-state index in [2.05, 4.69) is 47.0 Å². The van der Waals surface area contributed by atoms with Gasteiger partial charge in [0.2, 0.25) is 11.8 Å². The van der Waals surface area contributed by atoms with Gasteiger partial charge in [0.25, 0.3) is 0 Å². The van der Waals surface area contributed by atoms with Gasteiger partial charge in [0.1, 0.15) is 11.6 Å². The first kappa shape index (κ1) is 51.9. The van der Waals surface area contributed by atoms with Gasteiger partial charge in [-0.15, -0.1) is 0 Å². The maximum absolute atomic E-state index is 13.7. The summed E-state index contributed by atoms with van der Waals surface area (Å²) in [6.07, 6.45) is -5.82. The van der Waals surface area contributed by atoms with E-state index in [0.717, 1.165) is 98.4 Å². The second kappa shape index (κ2) is 23.8. The largest absolute Gasteiger partial charge is 0.419 e. The molecule has 0 radical (unpaired) electrons. The van der Waals surface area contributed by atoms with Gasteiger partial charge in [0, 0.05) is 89.0 Å². The monoisotopic (exact) mass is 980 g/mol. The first-order valence-corrected chi connectivity index (χ1v) is 23.6. The number of hydrogen-bond acceptors (Lipinski definition) is 10. The Hall–Kier alpha value is -6.92. The number of anilines is 2. The van der Waals surface area contributed by atoms with E-state index >= 15 is 0 Å². The van der Waals surface area contributed by atoms with Crippen LogP contribution < -0.4 is 26.6 Å². The highest BCUT2D eigenvalue weighted by atomic mass is 19.4. The lowest BCUT2D eigenvalue weighted by Gasteiger charge is -2.34. The Kier molecular flexibility index (Phi) is 17.4. The number of nitrogens with two attached hydrogens (primary N) is 2. The number of alkyl halides is 6. The number of nitrogens with zero attached hydrogens (tertiary/aromatic N) is 7. The molecule has 0 aliphatic carbocycles. The van der Waals surface area contributed by atoms with Crippen molar-refractivity contribution < 1.29 is 35.9 Å². The van der Waals surface area contributed by atoms with E-state index in [1.165, 1.54) is 0 Å². The number of benzene rings is 4. The van der Waals surface area contributed by atoms with Gasteiger partial charge in [-0.05, 0) is 90.4 Å². The van der Waals surface area contributed by atoms with Gasteiger partial charge in [-0.2, -0.15) is 26.3 Å². The molecular formula is C53H58F6N10O2. The van der Waals surface area contributed by atoms with Crippen molar-refractivity contribution in [3.05, 3.63) is 177 Å². The van der Waals surface area contributed by atoms with Gasteiger partial charge in [-0.25, -0.2) is 19.9 Å². The van der Waals surface area contributed by atoms with Crippen molar-refractivity contribution in [3.63, 3.8) is 0 Å². The fourth-order valence-corrected chi connectivity index (χ4v) is 8.77. The second-order valence-corrected chi connectivity index (χ2v) is 17.8. The van der Waals surface area contributed by atoms with Crippen molar-refractivity contribution in [2.24, 2.45) is 11.5 Å². The first-order valence-electron chi connectivity index (χ1n) is 23.6. The van der Waals surface area contributed by atoms with Gasteiger partial charge in [0.05, 0.1) is 35.4 Å². The molecular weight excluding hydrogens is 923 g/mol. The summed E-state index contributed by atoms with van der Waals surface area (Å²) in [6, 6.07) is 30.3. The minimum absolute atomic E-state index is 0.0429. The number of piperazine rings is 2. The lowest BCUT2D eigenvalue weighted by Crippen LogP contribution is -2.44. The van der Waals surface area contributed by atoms with Gasteiger partial charge in [-0.3, -0.25) is 9.59 Å². The molecule has 4 aromatic carbocycles. The van der Waals surface area contributed by atoms with Crippen LogP contribution in [0.2, 0.25) is 0 Å². The molecule has 6 aromatic rings. The maximum atomic E-state index is 13.7. The van der Waals surface area contributed by atoms with Crippen molar-refractivity contribution in [1.29, 1.82) is 0 Å². The van der Waals surface area contributed by atoms with E-state index in [4.69, 9.17) is 11.5 Å². The minimum atomic E-state index is -4.55. The van der Waals surface area contributed by atoms with E-state index in [-0.39, 0.29) is 37.1 Å². The zero-order valence-corrected chi connectivity index (χ0v) is 39.6. The molecule has 2 saturated heterocycles. The molecule has 0 spiro atoms. The molecule has 2 amide bonds. The smallest absolute Gasteiger partial charge is 0.369 e. The molecule has 2 aromatic heterocycles. The molecule has 8 rings (SSSR count). The fraction of sp³-hybridized carbons (Fsp3) is 0.358. The van der Waals surface area contributed by atoms with E-state index in [1.807, 2.05) is 48.5 Å². The number of primary amides is 2. The zero-order valence-electron chi connectivity index (χ0n) is 39.6. The summed E-state index contributed by atoms with van der Waals surface area (Å²) in [5.74, 6) is -0.286. The van der Waals surface area contributed by atoms with Gasteiger partial charge < -0.3 is 31.5 Å². The Labute approximate surface area is 409 Å². The number of hydrogen-bond donors (Lipinski definition) is 3. The quantitative estimate of drug-likeness (QED) is 0.0867. The third kappa shape index (κ3) is 15.0. The normalized spacial score (nSPS) is 14.5. The Morgan fingerprint density at radius 3 is 1.30 bits per heavy atom. The molecule has 2 fully saturated rings. The highest BCUT2D eigenvalue weighted by Gasteiger charge is 2.36. The summed E-state index contributed by atoms with van der Waals surface area (Å²) >= 11 is 0. The highest BCUT2D eigenvalue weighted by molar-refractivity contribution is 5.77. The number of nitrogens with one attached hydrogen (secondary N) is 1. The number of aryl methyl sites for hydroxylation is 4. The van der Waals surface area contributed by atoms with Gasteiger partial charge in [-0.1, -0.05) is 72.8 Å². The van der Waals surface area contributed by atoms with Crippen LogP contribution in [0.4, 0.5) is 37.7 Å². The Morgan fingerprint density at radius 1 is 0.535 bits per heavy atom. The number of aromatic nitrogens is 4. The van der Waals surface area contributed by atoms with Crippen LogP contribution in [-0.2, 0) is 73.3 Å². The summed E-state index contributed by atoms with van der Waals surface area (Å²) in [5.41, 5.74) is 16.0. The molecule has 0 bridgehead atoms. The van der Waals surface area contributed by atoms with Crippen molar-refractivity contribution in [3.8, 4) is 0 Å². The number of rotatable bonds is 16. The lowest BCUT2D eigenvalue weighted by atomic mass is 9.98. The van der Waals surface area contributed by atoms with Crippen molar-refractivity contribution in [2.75, 3.05) is 69.2 Å². The lowest BCUT2D eigenvalue weighted by molar-refractivity contribution is -0.139. The Bertz CT molecular complexity index is 2720. The molecule has 71 heavy (non-hydrogen) atoms. The molecule has 374 valence electrons. The number of likely N-dealkylation sites (N-methyl/N-ethyl adjacent to an activating group) is 1. The van der Waals surface area contributed by atoms with E-state index in [0.29, 0.717) is 48.5 Å². The summed E-state index contributed by atoms with van der Waals surface area (Å²) < 4.78 is 82.0. The number of carbonyl (C=O) groups is 2. The topological polar surface area (TPSA) is 159 Å². The number of amides is 2. The standard InChI is InChI=1S/C27H30F3N5O.C26H28F3N5O/c1-34-12-14-35(15-13-34)22-9-6-19(7-10-22)16-26-32-18-23(27(28,29)30)24(33-26)11-8-20-4-2-3-5-21(20)17-25(31)36;27-26(28,29)22-17-32-25(15-18-5-8-21(9-6-18)34-13-11-31-12-14-34)33-23(22)10-7-19-3-1-2-4-20(19)16-24(30)35/h2-7,9-10,18H,8,11-17H2,1H3,(H2,31,36);1-6,8-9,17,31H,7,10-16H2,(H2,30,35). The predicted octanol–water partition coefficient (Wildman–Crippen LogP) is 6.96.